The van der Waals surface area contributed by atoms with Crippen LogP contribution in [0.5, 0.6) is 5.75 Å². The van der Waals surface area contributed by atoms with Crippen LogP contribution in [0.2, 0.25) is 0 Å². The van der Waals surface area contributed by atoms with Gasteiger partial charge in [-0.1, -0.05) is 6.07 Å². The number of halogens is 3. The van der Waals surface area contributed by atoms with Gasteiger partial charge < -0.3 is 10.5 Å². The van der Waals surface area contributed by atoms with Gasteiger partial charge in [0.15, 0.2) is 5.75 Å². The molecule has 0 bridgehead atoms. The summed E-state index contributed by atoms with van der Waals surface area (Å²) in [5.74, 6) is -0.806. The molecule has 1 aromatic carbocycles. The molecule has 0 spiro atoms. The molecule has 0 radical (unpaired) electrons. The number of nitrogen functional groups attached to an aromatic ring is 1. The molecule has 0 aliphatic rings. The molecule has 0 fully saturated rings. The zero-order chi connectivity index (χ0) is 12.6. The van der Waals surface area contributed by atoms with Crippen molar-refractivity contribution >= 4 is 15.7 Å². The number of hydrogen-bond acceptors (Lipinski definition) is 4. The molecule has 0 saturated heterocycles. The van der Waals surface area contributed by atoms with Crippen molar-refractivity contribution in [3.63, 3.8) is 0 Å². The van der Waals surface area contributed by atoms with Gasteiger partial charge in [0.2, 0.25) is 10.0 Å². The van der Waals surface area contributed by atoms with Crippen molar-refractivity contribution in [3.05, 3.63) is 18.2 Å². The van der Waals surface area contributed by atoms with E-state index in [9.17, 15) is 21.6 Å². The molecule has 5 nitrogen and oxygen atoms in total. The fourth-order valence-corrected chi connectivity index (χ4v) is 1.66. The van der Waals surface area contributed by atoms with Gasteiger partial charge in [0.1, 0.15) is 4.90 Å². The van der Waals surface area contributed by atoms with Crippen molar-refractivity contribution in [2.45, 2.75) is 11.3 Å². The second kappa shape index (κ2) is 3.83. The molecule has 16 heavy (non-hydrogen) atoms. The van der Waals surface area contributed by atoms with Gasteiger partial charge in [0, 0.05) is 0 Å². The Labute approximate surface area is 88.8 Å². The zero-order valence-electron chi connectivity index (χ0n) is 7.65. The van der Waals surface area contributed by atoms with Gasteiger partial charge in [-0.2, -0.15) is 0 Å². The van der Waals surface area contributed by atoms with E-state index in [0.29, 0.717) is 0 Å². The van der Waals surface area contributed by atoms with E-state index in [1.54, 1.807) is 0 Å². The number of rotatable bonds is 2. The smallest absolute Gasteiger partial charge is 0.404 e. The molecule has 0 amide bonds. The van der Waals surface area contributed by atoms with E-state index >= 15 is 0 Å². The average Bonchev–Trinajstić information content (AvgIpc) is 2.04. The summed E-state index contributed by atoms with van der Waals surface area (Å²) in [6.45, 7) is 0. The van der Waals surface area contributed by atoms with E-state index in [1.807, 2.05) is 0 Å². The first-order valence-electron chi connectivity index (χ1n) is 3.78. The van der Waals surface area contributed by atoms with E-state index in [1.165, 1.54) is 0 Å². The largest absolute Gasteiger partial charge is 0.573 e. The Morgan fingerprint density at radius 3 is 2.25 bits per heavy atom. The minimum absolute atomic E-state index is 0.616. The van der Waals surface area contributed by atoms with E-state index in [0.717, 1.165) is 18.2 Å². The van der Waals surface area contributed by atoms with Crippen molar-refractivity contribution < 1.29 is 26.3 Å². The third kappa shape index (κ3) is 3.00. The van der Waals surface area contributed by atoms with Gasteiger partial charge in [-0.15, -0.1) is 13.2 Å². The number of benzene rings is 1. The number of anilines is 1. The summed E-state index contributed by atoms with van der Waals surface area (Å²) in [5, 5.41) is 4.75. The molecular weight excluding hydrogens is 249 g/mol. The topological polar surface area (TPSA) is 95.4 Å². The predicted molar refractivity (Wildman–Crippen MR) is 48.9 cm³/mol. The Bertz CT molecular complexity index is 498. The normalized spacial score (nSPS) is 12.5. The third-order valence-corrected chi connectivity index (χ3v) is 2.53. The number of nitrogens with two attached hydrogens (primary N) is 2. The van der Waals surface area contributed by atoms with Gasteiger partial charge in [0.05, 0.1) is 5.69 Å². The van der Waals surface area contributed by atoms with Gasteiger partial charge in [-0.05, 0) is 12.1 Å². The quantitative estimate of drug-likeness (QED) is 0.765. The standard InChI is InChI=1S/C7H7F3N2O3S/c8-7(9,10)15-4-2-1-3-5(6(4)11)16(12,13)14/h1-3H,11H2,(H2,12,13,14). The van der Waals surface area contributed by atoms with Crippen LogP contribution in [-0.4, -0.2) is 14.8 Å². The molecule has 0 heterocycles. The molecule has 0 aliphatic heterocycles. The van der Waals surface area contributed by atoms with Crippen LogP contribution in [0.1, 0.15) is 0 Å². The van der Waals surface area contributed by atoms with Crippen LogP contribution in [0.25, 0.3) is 0 Å². The zero-order valence-corrected chi connectivity index (χ0v) is 8.47. The first-order valence-corrected chi connectivity index (χ1v) is 5.33. The van der Waals surface area contributed by atoms with Crippen molar-refractivity contribution in [2.24, 2.45) is 5.14 Å². The lowest BCUT2D eigenvalue weighted by Gasteiger charge is -2.12. The van der Waals surface area contributed by atoms with E-state index in [2.05, 4.69) is 4.74 Å². The fourth-order valence-electron chi connectivity index (χ4n) is 0.986. The molecule has 90 valence electrons. The summed E-state index contributed by atoms with van der Waals surface area (Å²) < 4.78 is 61.1. The lowest BCUT2D eigenvalue weighted by molar-refractivity contribution is -0.274. The van der Waals surface area contributed by atoms with Gasteiger partial charge in [0.25, 0.3) is 0 Å². The second-order valence-corrected chi connectivity index (χ2v) is 4.29. The minimum Gasteiger partial charge on any atom is -0.404 e. The Morgan fingerprint density at radius 1 is 1.25 bits per heavy atom. The molecule has 1 rings (SSSR count). The van der Waals surface area contributed by atoms with Crippen LogP contribution in [0, 0.1) is 0 Å². The Hall–Kier alpha value is -1.48. The molecule has 0 aliphatic carbocycles. The molecule has 9 heteroatoms. The van der Waals surface area contributed by atoms with Crippen LogP contribution in [0.4, 0.5) is 18.9 Å². The lowest BCUT2D eigenvalue weighted by Crippen LogP contribution is -2.20. The highest BCUT2D eigenvalue weighted by atomic mass is 32.2. The highest BCUT2D eigenvalue weighted by Crippen LogP contribution is 2.32. The average molecular weight is 256 g/mol. The van der Waals surface area contributed by atoms with Crippen LogP contribution in [0.3, 0.4) is 0 Å². The predicted octanol–water partition coefficient (Wildman–Crippen LogP) is 0.815. The molecular formula is C7H7F3N2O3S. The lowest BCUT2D eigenvalue weighted by atomic mass is 10.3. The van der Waals surface area contributed by atoms with E-state index < -0.39 is 32.7 Å². The third-order valence-electron chi connectivity index (χ3n) is 1.56. The van der Waals surface area contributed by atoms with E-state index in [-0.39, 0.29) is 0 Å². The Balaban J connectivity index is 3.25. The molecule has 4 N–H and O–H groups in total. The van der Waals surface area contributed by atoms with Crippen molar-refractivity contribution in [1.82, 2.24) is 0 Å². The maximum absolute atomic E-state index is 11.9. The van der Waals surface area contributed by atoms with Crippen LogP contribution in [0.15, 0.2) is 23.1 Å². The summed E-state index contributed by atoms with van der Waals surface area (Å²) in [5.41, 5.74) is 4.51. The first-order chi connectivity index (χ1) is 7.11. The van der Waals surface area contributed by atoms with Gasteiger partial charge >= 0.3 is 6.36 Å². The number of sulfonamides is 1. The number of ether oxygens (including phenoxy) is 1. The van der Waals surface area contributed by atoms with Gasteiger partial charge in [-0.25, -0.2) is 13.6 Å². The number of hydrogen-bond donors (Lipinski definition) is 2. The Kier molecular flexibility index (Phi) is 3.01. The SMILES string of the molecule is Nc1c(OC(F)(F)F)cccc1S(N)(=O)=O. The number of alkyl halides is 3. The summed E-state index contributed by atoms with van der Waals surface area (Å²) in [6.07, 6.45) is -4.95. The van der Waals surface area contributed by atoms with Crippen LogP contribution in [-0.2, 0) is 10.0 Å². The molecule has 0 aromatic heterocycles. The summed E-state index contributed by atoms with van der Waals surface area (Å²) in [7, 11) is -4.18. The molecule has 0 atom stereocenters. The summed E-state index contributed by atoms with van der Waals surface area (Å²) in [4.78, 5) is -0.616. The van der Waals surface area contributed by atoms with Crippen molar-refractivity contribution in [2.75, 3.05) is 5.73 Å². The maximum atomic E-state index is 11.9. The Morgan fingerprint density at radius 2 is 1.81 bits per heavy atom. The highest BCUT2D eigenvalue weighted by Gasteiger charge is 2.32. The fraction of sp³-hybridized carbons (Fsp3) is 0.143. The highest BCUT2D eigenvalue weighted by molar-refractivity contribution is 7.89. The minimum atomic E-state index is -4.95. The first kappa shape index (κ1) is 12.6. The van der Waals surface area contributed by atoms with E-state index in [4.69, 9.17) is 10.9 Å². The number of primary sulfonamides is 1. The van der Waals surface area contributed by atoms with Crippen LogP contribution < -0.4 is 15.6 Å². The van der Waals surface area contributed by atoms with Crippen LogP contribution >= 0.6 is 0 Å². The summed E-state index contributed by atoms with van der Waals surface area (Å²) in [6, 6.07) is 2.91. The number of para-hydroxylation sites is 1. The van der Waals surface area contributed by atoms with Crippen molar-refractivity contribution in [1.29, 1.82) is 0 Å². The monoisotopic (exact) mass is 256 g/mol. The molecule has 0 saturated carbocycles. The molecule has 1 aromatic rings. The maximum Gasteiger partial charge on any atom is 0.573 e. The van der Waals surface area contributed by atoms with Gasteiger partial charge in [-0.3, -0.25) is 0 Å². The molecule has 0 unspecified atom stereocenters. The van der Waals surface area contributed by atoms with Crippen molar-refractivity contribution in [3.8, 4) is 5.75 Å². The summed E-state index contributed by atoms with van der Waals surface area (Å²) >= 11 is 0. The second-order valence-electron chi connectivity index (χ2n) is 2.76.